The third kappa shape index (κ3) is 5.80. The van der Waals surface area contributed by atoms with Crippen LogP contribution in [0.4, 0.5) is 10.5 Å². The first-order valence-electron chi connectivity index (χ1n) is 8.58. The van der Waals surface area contributed by atoms with Gasteiger partial charge in [0.25, 0.3) is 0 Å². The second kappa shape index (κ2) is 9.69. The van der Waals surface area contributed by atoms with Crippen LogP contribution in [0.2, 0.25) is 0 Å². The Bertz CT molecular complexity index is 674. The zero-order chi connectivity index (χ0) is 18.1. The van der Waals surface area contributed by atoms with Gasteiger partial charge in [-0.3, -0.25) is 0 Å². The molecule has 0 aliphatic heterocycles. The summed E-state index contributed by atoms with van der Waals surface area (Å²) in [5, 5.41) is 15.0. The van der Waals surface area contributed by atoms with Gasteiger partial charge in [-0.25, -0.2) is 4.79 Å². The summed E-state index contributed by atoms with van der Waals surface area (Å²) in [5.41, 5.74) is 2.80. The van der Waals surface area contributed by atoms with E-state index in [1.54, 1.807) is 0 Å². The largest absolute Gasteiger partial charge is 0.494 e. The van der Waals surface area contributed by atoms with Crippen LogP contribution in [0.15, 0.2) is 48.5 Å². The fourth-order valence-corrected chi connectivity index (χ4v) is 2.70. The number of aliphatic hydroxyl groups excluding tert-OH is 1. The Morgan fingerprint density at radius 3 is 2.60 bits per heavy atom. The third-order valence-corrected chi connectivity index (χ3v) is 3.99. The molecule has 0 aromatic heterocycles. The quantitative estimate of drug-likeness (QED) is 0.685. The van der Waals surface area contributed by atoms with E-state index in [4.69, 9.17) is 4.74 Å². The second-order valence-corrected chi connectivity index (χ2v) is 5.87. The van der Waals surface area contributed by atoms with Crippen LogP contribution in [0.1, 0.15) is 30.4 Å². The number of hydrogen-bond donors (Lipinski definition) is 3. The topological polar surface area (TPSA) is 70.6 Å². The SMILES string of the molecule is CCOc1ccc(NC(=O)NCC(CCO)c2ccccc2)cc1C. The molecule has 2 aromatic carbocycles. The molecular formula is C20H26N2O3. The number of anilines is 1. The Morgan fingerprint density at radius 2 is 1.96 bits per heavy atom. The molecule has 0 saturated carbocycles. The van der Waals surface area contributed by atoms with Gasteiger partial charge in [-0.15, -0.1) is 0 Å². The van der Waals surface area contributed by atoms with Crippen LogP contribution in [0, 0.1) is 6.92 Å². The van der Waals surface area contributed by atoms with Crippen LogP contribution in [-0.2, 0) is 0 Å². The lowest BCUT2D eigenvalue weighted by Crippen LogP contribution is -2.32. The first-order valence-corrected chi connectivity index (χ1v) is 8.58. The van der Waals surface area contributed by atoms with E-state index in [1.165, 1.54) is 0 Å². The molecule has 25 heavy (non-hydrogen) atoms. The molecule has 2 rings (SSSR count). The summed E-state index contributed by atoms with van der Waals surface area (Å²) in [6, 6.07) is 15.2. The first-order chi connectivity index (χ1) is 12.1. The number of benzene rings is 2. The molecule has 0 radical (unpaired) electrons. The van der Waals surface area contributed by atoms with Crippen molar-refractivity contribution in [2.75, 3.05) is 25.1 Å². The number of nitrogens with one attached hydrogen (secondary N) is 2. The van der Waals surface area contributed by atoms with Crippen LogP contribution in [-0.4, -0.2) is 30.9 Å². The number of urea groups is 1. The Labute approximate surface area is 149 Å². The monoisotopic (exact) mass is 342 g/mol. The lowest BCUT2D eigenvalue weighted by Gasteiger charge is -2.17. The first kappa shape index (κ1) is 18.8. The molecule has 0 saturated heterocycles. The molecule has 3 N–H and O–H groups in total. The van der Waals surface area contributed by atoms with Crippen molar-refractivity contribution in [3.8, 4) is 5.75 Å². The number of carbonyl (C=O) groups excluding carboxylic acids is 1. The molecule has 5 heteroatoms. The van der Waals surface area contributed by atoms with Gasteiger partial charge in [-0.2, -0.15) is 0 Å². The Kier molecular flexibility index (Phi) is 7.29. The van der Waals surface area contributed by atoms with Gasteiger partial charge in [0.15, 0.2) is 0 Å². The minimum atomic E-state index is -0.262. The van der Waals surface area contributed by atoms with Crippen molar-refractivity contribution in [3.05, 3.63) is 59.7 Å². The smallest absolute Gasteiger partial charge is 0.319 e. The standard InChI is InChI=1S/C20H26N2O3/c1-3-25-19-10-9-18(13-15(19)2)22-20(24)21-14-17(11-12-23)16-7-5-4-6-8-16/h4-10,13,17,23H,3,11-12,14H2,1-2H3,(H2,21,22,24). The average molecular weight is 342 g/mol. The van der Waals surface area contributed by atoms with E-state index >= 15 is 0 Å². The van der Waals surface area contributed by atoms with E-state index in [-0.39, 0.29) is 18.6 Å². The van der Waals surface area contributed by atoms with Gasteiger partial charge < -0.3 is 20.5 Å². The maximum absolute atomic E-state index is 12.2. The predicted octanol–water partition coefficient (Wildman–Crippen LogP) is 3.68. The summed E-state index contributed by atoms with van der Waals surface area (Å²) >= 11 is 0. The van der Waals surface area contributed by atoms with Gasteiger partial charge >= 0.3 is 6.03 Å². The van der Waals surface area contributed by atoms with Crippen molar-refractivity contribution >= 4 is 11.7 Å². The maximum atomic E-state index is 12.2. The molecule has 0 spiro atoms. The summed E-state index contributed by atoms with van der Waals surface area (Å²) in [5.74, 6) is 0.902. The lowest BCUT2D eigenvalue weighted by atomic mass is 9.96. The van der Waals surface area contributed by atoms with Crippen molar-refractivity contribution < 1.29 is 14.6 Å². The van der Waals surface area contributed by atoms with Crippen molar-refractivity contribution in [2.24, 2.45) is 0 Å². The van der Waals surface area contributed by atoms with Crippen molar-refractivity contribution in [2.45, 2.75) is 26.2 Å². The van der Waals surface area contributed by atoms with Gasteiger partial charge in [0.1, 0.15) is 5.75 Å². The molecule has 134 valence electrons. The molecular weight excluding hydrogens is 316 g/mol. The van der Waals surface area contributed by atoms with E-state index in [0.29, 0.717) is 19.6 Å². The minimum absolute atomic E-state index is 0.0824. The molecule has 1 atom stereocenters. The molecule has 0 fully saturated rings. The summed E-state index contributed by atoms with van der Waals surface area (Å²) in [4.78, 5) is 12.2. The van der Waals surface area contributed by atoms with Crippen LogP contribution in [0.5, 0.6) is 5.75 Å². The average Bonchev–Trinajstić information content (AvgIpc) is 2.62. The summed E-state index contributed by atoms with van der Waals surface area (Å²) in [6.07, 6.45) is 0.604. The molecule has 0 aliphatic rings. The maximum Gasteiger partial charge on any atom is 0.319 e. The zero-order valence-electron chi connectivity index (χ0n) is 14.8. The lowest BCUT2D eigenvalue weighted by molar-refractivity contribution is 0.248. The molecule has 0 bridgehead atoms. The number of carbonyl (C=O) groups is 1. The highest BCUT2D eigenvalue weighted by Gasteiger charge is 2.12. The van der Waals surface area contributed by atoms with E-state index < -0.39 is 0 Å². The summed E-state index contributed by atoms with van der Waals surface area (Å²) in [6.45, 7) is 5.04. The number of amides is 2. The van der Waals surface area contributed by atoms with E-state index in [2.05, 4.69) is 10.6 Å². The third-order valence-electron chi connectivity index (χ3n) is 3.99. The summed E-state index contributed by atoms with van der Waals surface area (Å²) in [7, 11) is 0. The van der Waals surface area contributed by atoms with Gasteiger partial charge in [0, 0.05) is 24.8 Å². The van der Waals surface area contributed by atoms with Crippen molar-refractivity contribution in [1.29, 1.82) is 0 Å². The number of rotatable bonds is 8. The van der Waals surface area contributed by atoms with E-state index in [0.717, 1.165) is 22.6 Å². The highest BCUT2D eigenvalue weighted by atomic mass is 16.5. The van der Waals surface area contributed by atoms with Gasteiger partial charge in [-0.1, -0.05) is 30.3 Å². The normalized spacial score (nSPS) is 11.6. The minimum Gasteiger partial charge on any atom is -0.494 e. The van der Waals surface area contributed by atoms with Crippen LogP contribution < -0.4 is 15.4 Å². The molecule has 0 heterocycles. The van der Waals surface area contributed by atoms with Crippen LogP contribution in [0.25, 0.3) is 0 Å². The van der Waals surface area contributed by atoms with E-state index in [1.807, 2.05) is 62.4 Å². The fourth-order valence-electron chi connectivity index (χ4n) is 2.70. The van der Waals surface area contributed by atoms with Crippen molar-refractivity contribution in [3.63, 3.8) is 0 Å². The Morgan fingerprint density at radius 1 is 1.20 bits per heavy atom. The number of ether oxygens (including phenoxy) is 1. The predicted molar refractivity (Wildman–Crippen MR) is 100 cm³/mol. The molecule has 2 aromatic rings. The van der Waals surface area contributed by atoms with Crippen molar-refractivity contribution in [1.82, 2.24) is 5.32 Å². The second-order valence-electron chi connectivity index (χ2n) is 5.87. The zero-order valence-corrected chi connectivity index (χ0v) is 14.8. The number of aryl methyl sites for hydroxylation is 1. The molecule has 1 unspecified atom stereocenters. The highest BCUT2D eigenvalue weighted by Crippen LogP contribution is 2.22. The van der Waals surface area contributed by atoms with Gasteiger partial charge in [0.2, 0.25) is 0 Å². The fraction of sp³-hybridized carbons (Fsp3) is 0.350. The number of aliphatic hydroxyl groups is 1. The van der Waals surface area contributed by atoms with Gasteiger partial charge in [-0.05, 0) is 49.6 Å². The Balaban J connectivity index is 1.92. The van der Waals surface area contributed by atoms with Crippen LogP contribution >= 0.6 is 0 Å². The molecule has 5 nitrogen and oxygen atoms in total. The highest BCUT2D eigenvalue weighted by molar-refractivity contribution is 5.89. The van der Waals surface area contributed by atoms with Crippen LogP contribution in [0.3, 0.4) is 0 Å². The molecule has 0 aliphatic carbocycles. The summed E-state index contributed by atoms with van der Waals surface area (Å²) < 4.78 is 5.50. The van der Waals surface area contributed by atoms with E-state index in [9.17, 15) is 9.90 Å². The number of hydrogen-bond acceptors (Lipinski definition) is 3. The Hall–Kier alpha value is -2.53. The van der Waals surface area contributed by atoms with Gasteiger partial charge in [0.05, 0.1) is 6.61 Å². The molecule has 2 amide bonds.